The predicted molar refractivity (Wildman–Crippen MR) is 147 cm³/mol. The van der Waals surface area contributed by atoms with Crippen molar-refractivity contribution in [2.24, 2.45) is 0 Å². The van der Waals surface area contributed by atoms with E-state index in [9.17, 15) is 22.4 Å². The van der Waals surface area contributed by atoms with Gasteiger partial charge in [0.2, 0.25) is 11.8 Å². The lowest BCUT2D eigenvalue weighted by Gasteiger charge is -2.33. The molecule has 0 spiro atoms. The van der Waals surface area contributed by atoms with Crippen LogP contribution in [0.1, 0.15) is 33.3 Å². The maximum absolute atomic E-state index is 13.8. The van der Waals surface area contributed by atoms with Crippen molar-refractivity contribution in [1.82, 2.24) is 10.2 Å². The van der Waals surface area contributed by atoms with Crippen molar-refractivity contribution in [2.45, 2.75) is 50.7 Å². The van der Waals surface area contributed by atoms with Crippen molar-refractivity contribution in [2.75, 3.05) is 10.8 Å². The highest BCUT2D eigenvalue weighted by Gasteiger charge is 2.33. The maximum atomic E-state index is 13.8. The molecule has 3 aromatic carbocycles. The Morgan fingerprint density at radius 2 is 1.53 bits per heavy atom. The number of para-hydroxylation sites is 1. The molecule has 0 saturated carbocycles. The lowest BCUT2D eigenvalue weighted by Crippen LogP contribution is -2.54. The number of carbonyl (C=O) groups is 2. The summed E-state index contributed by atoms with van der Waals surface area (Å²) in [4.78, 5) is 28.0. The van der Waals surface area contributed by atoms with Gasteiger partial charge >= 0.3 is 0 Å². The summed E-state index contributed by atoms with van der Waals surface area (Å²) >= 11 is 6.01. The molecule has 0 bridgehead atoms. The van der Waals surface area contributed by atoms with Gasteiger partial charge in [0, 0.05) is 17.1 Å². The summed E-state index contributed by atoms with van der Waals surface area (Å²) in [6, 6.07) is 18.4. The van der Waals surface area contributed by atoms with Gasteiger partial charge < -0.3 is 10.2 Å². The first kappa shape index (κ1) is 29.1. The van der Waals surface area contributed by atoms with E-state index >= 15 is 0 Å². The molecule has 2 amide bonds. The minimum absolute atomic E-state index is 0.0496. The van der Waals surface area contributed by atoms with Crippen molar-refractivity contribution >= 4 is 39.1 Å². The molecule has 0 fully saturated rings. The van der Waals surface area contributed by atoms with Gasteiger partial charge in [-0.05, 0) is 81.8 Å². The molecule has 202 valence electrons. The van der Waals surface area contributed by atoms with Crippen LogP contribution >= 0.6 is 11.6 Å². The topological polar surface area (TPSA) is 86.8 Å². The fourth-order valence-electron chi connectivity index (χ4n) is 3.70. The Labute approximate surface area is 228 Å². The number of hydrogen-bond acceptors (Lipinski definition) is 4. The van der Waals surface area contributed by atoms with Crippen LogP contribution in [0.2, 0.25) is 5.02 Å². The zero-order chi connectivity index (χ0) is 28.1. The number of halogens is 2. The number of rotatable bonds is 9. The fraction of sp³-hybridized carbons (Fsp3) is 0.286. The van der Waals surface area contributed by atoms with Crippen LogP contribution in [0.25, 0.3) is 0 Å². The molecule has 0 unspecified atom stereocenters. The summed E-state index contributed by atoms with van der Waals surface area (Å²) < 4.78 is 41.7. The highest BCUT2D eigenvalue weighted by molar-refractivity contribution is 7.92. The summed E-state index contributed by atoms with van der Waals surface area (Å²) in [5, 5.41) is 3.39. The molecule has 3 aromatic rings. The highest BCUT2D eigenvalue weighted by atomic mass is 35.5. The van der Waals surface area contributed by atoms with Crippen LogP contribution in [0, 0.1) is 5.82 Å². The number of nitrogens with one attached hydrogen (secondary N) is 1. The van der Waals surface area contributed by atoms with Crippen molar-refractivity contribution in [1.29, 1.82) is 0 Å². The Balaban J connectivity index is 2.00. The van der Waals surface area contributed by atoms with E-state index in [2.05, 4.69) is 5.32 Å². The third-order valence-electron chi connectivity index (χ3n) is 5.66. The van der Waals surface area contributed by atoms with Gasteiger partial charge in [0.05, 0.1) is 10.6 Å². The van der Waals surface area contributed by atoms with Crippen LogP contribution in [0.5, 0.6) is 0 Å². The molecule has 1 N–H and O–H groups in total. The van der Waals surface area contributed by atoms with E-state index in [0.717, 1.165) is 28.6 Å². The zero-order valence-corrected chi connectivity index (χ0v) is 23.3. The number of benzene rings is 3. The number of sulfonamides is 1. The molecule has 0 heterocycles. The molecule has 38 heavy (non-hydrogen) atoms. The molecule has 10 heteroatoms. The van der Waals surface area contributed by atoms with E-state index in [1.807, 2.05) is 20.8 Å². The molecule has 0 aliphatic carbocycles. The lowest BCUT2D eigenvalue weighted by atomic mass is 10.1. The van der Waals surface area contributed by atoms with Gasteiger partial charge in [-0.15, -0.1) is 0 Å². The van der Waals surface area contributed by atoms with Crippen LogP contribution in [0.3, 0.4) is 0 Å². The number of nitrogens with zero attached hydrogens (tertiary/aromatic N) is 2. The number of amides is 2. The standard InChI is InChI=1S/C28H31ClFN3O4S/c1-20(27(35)31-28(2,3)4)32(18-21-10-12-22(29)13-11-21)26(34)19-33(24-8-6-5-7-9-24)38(36,37)25-16-14-23(30)15-17-25/h5-17,20H,18-19H2,1-4H3,(H,31,35)/t20-/m0/s1. The van der Waals surface area contributed by atoms with Crippen molar-refractivity contribution in [3.8, 4) is 0 Å². The number of carbonyl (C=O) groups excluding carboxylic acids is 2. The Bertz CT molecular complexity index is 1360. The third-order valence-corrected chi connectivity index (χ3v) is 7.70. The van der Waals surface area contributed by atoms with Crippen LogP contribution in [0.4, 0.5) is 10.1 Å². The monoisotopic (exact) mass is 559 g/mol. The third kappa shape index (κ3) is 7.55. The molecular formula is C28H31ClFN3O4S. The Hall–Kier alpha value is -3.43. The molecular weight excluding hydrogens is 529 g/mol. The molecule has 3 rings (SSSR count). The van der Waals surface area contributed by atoms with Gasteiger partial charge in [0.1, 0.15) is 18.4 Å². The predicted octanol–water partition coefficient (Wildman–Crippen LogP) is 5.01. The molecule has 7 nitrogen and oxygen atoms in total. The van der Waals surface area contributed by atoms with Gasteiger partial charge in [-0.3, -0.25) is 13.9 Å². The second-order valence-electron chi connectivity index (χ2n) is 9.86. The van der Waals surface area contributed by atoms with E-state index in [4.69, 9.17) is 11.6 Å². The Morgan fingerprint density at radius 1 is 0.947 bits per heavy atom. The fourth-order valence-corrected chi connectivity index (χ4v) is 5.24. The average Bonchev–Trinajstić information content (AvgIpc) is 2.86. The van der Waals surface area contributed by atoms with E-state index < -0.39 is 39.9 Å². The van der Waals surface area contributed by atoms with Crippen molar-refractivity contribution < 1.29 is 22.4 Å². The normalized spacial score (nSPS) is 12.5. The highest BCUT2D eigenvalue weighted by Crippen LogP contribution is 2.25. The molecule has 0 radical (unpaired) electrons. The largest absolute Gasteiger partial charge is 0.350 e. The summed E-state index contributed by atoms with van der Waals surface area (Å²) in [6.45, 7) is 6.55. The zero-order valence-electron chi connectivity index (χ0n) is 21.7. The molecule has 0 saturated heterocycles. The SMILES string of the molecule is C[C@@H](C(=O)NC(C)(C)C)N(Cc1ccc(Cl)cc1)C(=O)CN(c1ccccc1)S(=O)(=O)c1ccc(F)cc1. The molecule has 0 aliphatic heterocycles. The van der Waals surface area contributed by atoms with Crippen LogP contribution in [-0.2, 0) is 26.2 Å². The molecule has 1 atom stereocenters. The quantitative estimate of drug-likeness (QED) is 0.399. The van der Waals surface area contributed by atoms with Crippen molar-refractivity contribution in [3.63, 3.8) is 0 Å². The second kappa shape index (κ2) is 12.0. The smallest absolute Gasteiger partial charge is 0.264 e. The van der Waals surface area contributed by atoms with Crippen LogP contribution in [0.15, 0.2) is 83.8 Å². The van der Waals surface area contributed by atoms with Gasteiger partial charge in [-0.25, -0.2) is 12.8 Å². The summed E-state index contributed by atoms with van der Waals surface area (Å²) in [5.41, 5.74) is 0.428. The molecule has 0 aliphatic rings. The van der Waals surface area contributed by atoms with Gasteiger partial charge in [0.25, 0.3) is 10.0 Å². The number of hydrogen-bond donors (Lipinski definition) is 1. The minimum atomic E-state index is -4.25. The van der Waals surface area contributed by atoms with Crippen LogP contribution in [-0.4, -0.2) is 43.3 Å². The summed E-state index contributed by atoms with van der Waals surface area (Å²) in [5.74, 6) is -1.56. The van der Waals surface area contributed by atoms with Gasteiger partial charge in [0.15, 0.2) is 0 Å². The Kier molecular flexibility index (Phi) is 9.17. The number of anilines is 1. The van der Waals surface area contributed by atoms with Gasteiger partial charge in [-0.2, -0.15) is 0 Å². The van der Waals surface area contributed by atoms with Gasteiger partial charge in [-0.1, -0.05) is 41.9 Å². The first-order valence-electron chi connectivity index (χ1n) is 12.0. The minimum Gasteiger partial charge on any atom is -0.350 e. The van der Waals surface area contributed by atoms with E-state index in [-0.39, 0.29) is 23.0 Å². The average molecular weight is 560 g/mol. The van der Waals surface area contributed by atoms with E-state index in [1.54, 1.807) is 61.5 Å². The second-order valence-corrected chi connectivity index (χ2v) is 12.2. The first-order valence-corrected chi connectivity index (χ1v) is 13.8. The molecule has 0 aromatic heterocycles. The van der Waals surface area contributed by atoms with Crippen LogP contribution < -0.4 is 9.62 Å². The maximum Gasteiger partial charge on any atom is 0.264 e. The lowest BCUT2D eigenvalue weighted by molar-refractivity contribution is -0.140. The van der Waals surface area contributed by atoms with E-state index in [0.29, 0.717) is 10.6 Å². The first-order chi connectivity index (χ1) is 17.8. The Morgan fingerprint density at radius 3 is 2.08 bits per heavy atom. The van der Waals surface area contributed by atoms with E-state index in [1.165, 1.54) is 4.90 Å². The van der Waals surface area contributed by atoms with Crippen molar-refractivity contribution in [3.05, 3.63) is 95.3 Å². The summed E-state index contributed by atoms with van der Waals surface area (Å²) in [6.07, 6.45) is 0. The summed E-state index contributed by atoms with van der Waals surface area (Å²) in [7, 11) is -4.25.